The molecule has 1 heterocycles. The number of hydrogen-bond donors (Lipinski definition) is 3. The van der Waals surface area contributed by atoms with Gasteiger partial charge < -0.3 is 10.3 Å². The summed E-state index contributed by atoms with van der Waals surface area (Å²) in [4.78, 5) is 27.0. The molecule has 0 unspecified atom stereocenters. The predicted molar refractivity (Wildman–Crippen MR) is 99.6 cm³/mol. The number of rotatable bonds is 7. The molecule has 0 spiro atoms. The summed E-state index contributed by atoms with van der Waals surface area (Å²) in [5.41, 5.74) is 3.75. The Labute approximate surface area is 153 Å². The lowest BCUT2D eigenvalue weighted by Gasteiger charge is -2.07. The first kappa shape index (κ1) is 19.9. The Balaban J connectivity index is 2.04. The molecule has 8 heteroatoms. The summed E-state index contributed by atoms with van der Waals surface area (Å²) in [5.74, 6) is -0.465. The minimum atomic E-state index is -3.31. The molecule has 1 aromatic carbocycles. The van der Waals surface area contributed by atoms with Crippen molar-refractivity contribution in [1.82, 2.24) is 15.0 Å². The number of ketones is 1. The second-order valence-electron chi connectivity index (χ2n) is 6.14. The summed E-state index contributed by atoms with van der Waals surface area (Å²) in [7, 11) is -1.94. The summed E-state index contributed by atoms with van der Waals surface area (Å²) >= 11 is 0. The van der Waals surface area contributed by atoms with Crippen molar-refractivity contribution in [1.29, 1.82) is 0 Å². The fourth-order valence-corrected chi connectivity index (χ4v) is 3.60. The van der Waals surface area contributed by atoms with Crippen LogP contribution in [0.5, 0.6) is 0 Å². The van der Waals surface area contributed by atoms with Gasteiger partial charge in [-0.15, -0.1) is 0 Å². The molecule has 0 radical (unpaired) electrons. The number of nitrogens with one attached hydrogen (secondary N) is 3. The van der Waals surface area contributed by atoms with Gasteiger partial charge in [0.15, 0.2) is 5.78 Å². The van der Waals surface area contributed by atoms with E-state index >= 15 is 0 Å². The second kappa shape index (κ2) is 7.84. The lowest BCUT2D eigenvalue weighted by atomic mass is 10.1. The summed E-state index contributed by atoms with van der Waals surface area (Å²) in [5, 5.41) is 2.80. The molecule has 0 bridgehead atoms. The normalized spacial score (nSPS) is 11.4. The molecule has 0 saturated heterocycles. The van der Waals surface area contributed by atoms with Gasteiger partial charge in [-0.3, -0.25) is 9.59 Å². The Morgan fingerprint density at radius 3 is 2.15 bits per heavy atom. The van der Waals surface area contributed by atoms with Crippen LogP contribution in [0.15, 0.2) is 24.3 Å². The Hall–Kier alpha value is -2.45. The standard InChI is InChI=1S/C18H23N3O4S/c1-11-16(13(3)22)12(2)21-17(11)18(23)20-9-14-5-7-15(8-6-14)10-26(24,25)19-4/h5-8,19,21H,9-10H2,1-4H3,(H,20,23). The average molecular weight is 377 g/mol. The van der Waals surface area contributed by atoms with Crippen LogP contribution in [0.4, 0.5) is 0 Å². The van der Waals surface area contributed by atoms with Crippen molar-refractivity contribution < 1.29 is 18.0 Å². The molecule has 0 fully saturated rings. The molecule has 1 aromatic heterocycles. The maximum absolute atomic E-state index is 12.4. The number of amides is 1. The summed E-state index contributed by atoms with van der Waals surface area (Å²) in [6, 6.07) is 6.98. The van der Waals surface area contributed by atoms with E-state index in [4.69, 9.17) is 0 Å². The first-order valence-electron chi connectivity index (χ1n) is 8.12. The highest BCUT2D eigenvalue weighted by Crippen LogP contribution is 2.18. The van der Waals surface area contributed by atoms with Crippen molar-refractivity contribution in [3.8, 4) is 0 Å². The van der Waals surface area contributed by atoms with E-state index in [1.54, 1.807) is 38.1 Å². The number of aromatic nitrogens is 1. The highest BCUT2D eigenvalue weighted by Gasteiger charge is 2.19. The van der Waals surface area contributed by atoms with E-state index in [1.165, 1.54) is 14.0 Å². The maximum atomic E-state index is 12.4. The van der Waals surface area contributed by atoms with E-state index in [1.807, 2.05) is 0 Å². The molecule has 140 valence electrons. The van der Waals surface area contributed by atoms with Gasteiger partial charge in [0.25, 0.3) is 5.91 Å². The lowest BCUT2D eigenvalue weighted by Crippen LogP contribution is -2.24. The molecule has 0 saturated carbocycles. The van der Waals surface area contributed by atoms with Crippen LogP contribution < -0.4 is 10.0 Å². The zero-order chi connectivity index (χ0) is 19.5. The van der Waals surface area contributed by atoms with Gasteiger partial charge in [-0.25, -0.2) is 13.1 Å². The van der Waals surface area contributed by atoms with E-state index in [0.717, 1.165) is 5.56 Å². The van der Waals surface area contributed by atoms with Crippen LogP contribution in [0, 0.1) is 13.8 Å². The predicted octanol–water partition coefficient (Wildman–Crippen LogP) is 1.81. The molecule has 3 N–H and O–H groups in total. The summed E-state index contributed by atoms with van der Waals surface area (Å²) in [6.45, 7) is 5.27. The van der Waals surface area contributed by atoms with Crippen molar-refractivity contribution in [2.45, 2.75) is 33.1 Å². The number of aryl methyl sites for hydroxylation is 1. The monoisotopic (exact) mass is 377 g/mol. The van der Waals surface area contributed by atoms with Crippen LogP contribution in [0.3, 0.4) is 0 Å². The van der Waals surface area contributed by atoms with Gasteiger partial charge in [0, 0.05) is 17.8 Å². The van der Waals surface area contributed by atoms with E-state index in [2.05, 4.69) is 15.0 Å². The quantitative estimate of drug-likeness (QED) is 0.640. The third-order valence-electron chi connectivity index (χ3n) is 4.16. The Morgan fingerprint density at radius 1 is 1.08 bits per heavy atom. The van der Waals surface area contributed by atoms with E-state index in [9.17, 15) is 18.0 Å². The molecule has 7 nitrogen and oxygen atoms in total. The van der Waals surface area contributed by atoms with Crippen LogP contribution in [-0.2, 0) is 22.3 Å². The number of carbonyl (C=O) groups is 2. The Bertz CT molecular complexity index is 928. The highest BCUT2D eigenvalue weighted by atomic mass is 32.2. The minimum Gasteiger partial charge on any atom is -0.354 e. The van der Waals surface area contributed by atoms with Crippen LogP contribution in [0.1, 0.15) is 50.2 Å². The van der Waals surface area contributed by atoms with Crippen LogP contribution in [-0.4, -0.2) is 32.1 Å². The largest absolute Gasteiger partial charge is 0.354 e. The fraction of sp³-hybridized carbons (Fsp3) is 0.333. The van der Waals surface area contributed by atoms with Crippen LogP contribution >= 0.6 is 0 Å². The second-order valence-corrected chi connectivity index (χ2v) is 8.07. The average Bonchev–Trinajstić information content (AvgIpc) is 2.88. The van der Waals surface area contributed by atoms with Crippen molar-refractivity contribution in [2.24, 2.45) is 0 Å². The minimum absolute atomic E-state index is 0.0811. The van der Waals surface area contributed by atoms with Crippen molar-refractivity contribution >= 4 is 21.7 Å². The molecule has 0 aliphatic heterocycles. The lowest BCUT2D eigenvalue weighted by molar-refractivity contribution is 0.0945. The number of benzene rings is 1. The maximum Gasteiger partial charge on any atom is 0.268 e. The summed E-state index contributed by atoms with van der Waals surface area (Å²) < 4.78 is 25.3. The number of aromatic amines is 1. The van der Waals surface area contributed by atoms with Gasteiger partial charge in [-0.1, -0.05) is 24.3 Å². The van der Waals surface area contributed by atoms with Crippen molar-refractivity contribution in [2.75, 3.05) is 7.05 Å². The topological polar surface area (TPSA) is 108 Å². The third kappa shape index (κ3) is 4.59. The molecular weight excluding hydrogens is 354 g/mol. The first-order valence-corrected chi connectivity index (χ1v) is 9.77. The molecule has 26 heavy (non-hydrogen) atoms. The number of carbonyl (C=O) groups excluding carboxylic acids is 2. The van der Waals surface area contributed by atoms with Gasteiger partial charge in [-0.05, 0) is 44.5 Å². The molecule has 0 atom stereocenters. The van der Waals surface area contributed by atoms with E-state index in [0.29, 0.717) is 34.6 Å². The van der Waals surface area contributed by atoms with Crippen LogP contribution in [0.2, 0.25) is 0 Å². The number of H-pyrrole nitrogens is 1. The zero-order valence-electron chi connectivity index (χ0n) is 15.3. The number of hydrogen-bond acceptors (Lipinski definition) is 4. The van der Waals surface area contributed by atoms with E-state index in [-0.39, 0.29) is 17.4 Å². The molecule has 0 aliphatic rings. The molecule has 2 rings (SSSR count). The van der Waals surface area contributed by atoms with Crippen LogP contribution in [0.25, 0.3) is 0 Å². The van der Waals surface area contributed by atoms with Gasteiger partial charge in [0.05, 0.1) is 5.75 Å². The van der Waals surface area contributed by atoms with Gasteiger partial charge in [-0.2, -0.15) is 0 Å². The van der Waals surface area contributed by atoms with Crippen molar-refractivity contribution in [3.05, 3.63) is 57.9 Å². The molecule has 1 amide bonds. The SMILES string of the molecule is CNS(=O)(=O)Cc1ccc(CNC(=O)c2[nH]c(C)c(C(C)=O)c2C)cc1. The van der Waals surface area contributed by atoms with Crippen molar-refractivity contribution in [3.63, 3.8) is 0 Å². The Kier molecular flexibility index (Phi) is 5.99. The van der Waals surface area contributed by atoms with E-state index < -0.39 is 10.0 Å². The smallest absolute Gasteiger partial charge is 0.268 e. The molecule has 2 aromatic rings. The highest BCUT2D eigenvalue weighted by molar-refractivity contribution is 7.88. The first-order chi connectivity index (χ1) is 12.1. The zero-order valence-corrected chi connectivity index (χ0v) is 16.1. The number of Topliss-reactive ketones (excluding diaryl/α,β-unsaturated/α-hetero) is 1. The van der Waals surface area contributed by atoms with Gasteiger partial charge in [0.2, 0.25) is 10.0 Å². The third-order valence-corrected chi connectivity index (χ3v) is 5.50. The Morgan fingerprint density at radius 2 is 1.65 bits per heavy atom. The molecular formula is C18H23N3O4S. The summed E-state index contributed by atoms with van der Waals surface area (Å²) in [6.07, 6.45) is 0. The fourth-order valence-electron chi connectivity index (χ4n) is 2.82. The van der Waals surface area contributed by atoms with Gasteiger partial charge in [0.1, 0.15) is 5.69 Å². The number of sulfonamides is 1. The molecule has 0 aliphatic carbocycles. The van der Waals surface area contributed by atoms with Gasteiger partial charge >= 0.3 is 0 Å².